The van der Waals surface area contributed by atoms with E-state index in [-0.39, 0.29) is 6.10 Å². The monoisotopic (exact) mass is 261 g/mol. The van der Waals surface area contributed by atoms with Crippen LogP contribution in [0.15, 0.2) is 24.3 Å². The minimum absolute atomic E-state index is 0.321. The third-order valence-electron chi connectivity index (χ3n) is 4.35. The van der Waals surface area contributed by atoms with Crippen molar-refractivity contribution < 1.29 is 5.11 Å². The van der Waals surface area contributed by atoms with Crippen molar-refractivity contribution in [1.29, 1.82) is 0 Å². The second kappa shape index (κ2) is 6.95. The Morgan fingerprint density at radius 1 is 1.11 bits per heavy atom. The van der Waals surface area contributed by atoms with Gasteiger partial charge in [0.25, 0.3) is 0 Å². The maximum atomic E-state index is 9.85. The molecule has 1 fully saturated rings. The van der Waals surface area contributed by atoms with E-state index in [4.69, 9.17) is 0 Å². The van der Waals surface area contributed by atoms with Crippen LogP contribution in [0, 0.1) is 0 Å². The first-order chi connectivity index (χ1) is 9.26. The summed E-state index contributed by atoms with van der Waals surface area (Å²) < 4.78 is 0. The average Bonchev–Trinajstić information content (AvgIpc) is 2.49. The zero-order valence-electron chi connectivity index (χ0n) is 12.3. The molecule has 2 heteroatoms. The SMILES string of the molecule is CC[C@@H](O)c1ccc(N(CC)C2CCCCC2)cc1. The van der Waals surface area contributed by atoms with Gasteiger partial charge in [-0.25, -0.2) is 0 Å². The van der Waals surface area contributed by atoms with Gasteiger partial charge in [-0.15, -0.1) is 0 Å². The van der Waals surface area contributed by atoms with Gasteiger partial charge in [0.05, 0.1) is 6.10 Å². The van der Waals surface area contributed by atoms with E-state index in [0.29, 0.717) is 6.04 Å². The highest BCUT2D eigenvalue weighted by Gasteiger charge is 2.20. The van der Waals surface area contributed by atoms with E-state index in [0.717, 1.165) is 18.5 Å². The highest BCUT2D eigenvalue weighted by Crippen LogP contribution is 2.28. The Kier molecular flexibility index (Phi) is 5.26. The fourth-order valence-corrected chi connectivity index (χ4v) is 3.17. The lowest BCUT2D eigenvalue weighted by Gasteiger charge is -2.35. The minimum atomic E-state index is -0.321. The number of aliphatic hydroxyl groups is 1. The normalized spacial score (nSPS) is 18.3. The second-order valence-corrected chi connectivity index (χ2v) is 5.59. The first kappa shape index (κ1) is 14.4. The molecule has 106 valence electrons. The van der Waals surface area contributed by atoms with E-state index in [1.165, 1.54) is 37.8 Å². The number of hydrogen-bond donors (Lipinski definition) is 1. The summed E-state index contributed by atoms with van der Waals surface area (Å²) in [6.45, 7) is 5.32. The highest BCUT2D eigenvalue weighted by atomic mass is 16.3. The number of rotatable bonds is 5. The Bertz CT molecular complexity index is 367. The van der Waals surface area contributed by atoms with E-state index in [2.05, 4.69) is 36.1 Å². The minimum Gasteiger partial charge on any atom is -0.388 e. The highest BCUT2D eigenvalue weighted by molar-refractivity contribution is 5.49. The summed E-state index contributed by atoms with van der Waals surface area (Å²) in [6.07, 6.45) is 7.25. The lowest BCUT2D eigenvalue weighted by molar-refractivity contribution is 0.173. The zero-order chi connectivity index (χ0) is 13.7. The summed E-state index contributed by atoms with van der Waals surface area (Å²) in [5.74, 6) is 0. The molecule has 1 atom stereocenters. The fraction of sp³-hybridized carbons (Fsp3) is 0.647. The Morgan fingerprint density at radius 2 is 1.74 bits per heavy atom. The fourth-order valence-electron chi connectivity index (χ4n) is 3.17. The summed E-state index contributed by atoms with van der Waals surface area (Å²) in [6, 6.07) is 9.21. The molecule has 1 aromatic carbocycles. The summed E-state index contributed by atoms with van der Waals surface area (Å²) in [5, 5.41) is 9.85. The van der Waals surface area contributed by atoms with Gasteiger partial charge in [-0.05, 0) is 43.9 Å². The van der Waals surface area contributed by atoms with Gasteiger partial charge in [0.15, 0.2) is 0 Å². The molecule has 1 aliphatic carbocycles. The van der Waals surface area contributed by atoms with Crippen molar-refractivity contribution in [2.24, 2.45) is 0 Å². The molecule has 0 spiro atoms. The Morgan fingerprint density at radius 3 is 2.26 bits per heavy atom. The van der Waals surface area contributed by atoms with Crippen molar-refractivity contribution >= 4 is 5.69 Å². The van der Waals surface area contributed by atoms with Crippen LogP contribution < -0.4 is 4.90 Å². The molecule has 0 aromatic heterocycles. The molecule has 0 saturated heterocycles. The quantitative estimate of drug-likeness (QED) is 0.854. The molecule has 0 aliphatic heterocycles. The maximum Gasteiger partial charge on any atom is 0.0787 e. The molecule has 0 unspecified atom stereocenters. The van der Waals surface area contributed by atoms with Gasteiger partial charge in [-0.3, -0.25) is 0 Å². The van der Waals surface area contributed by atoms with Gasteiger partial charge in [0, 0.05) is 18.3 Å². The third kappa shape index (κ3) is 3.50. The van der Waals surface area contributed by atoms with Crippen molar-refractivity contribution in [2.75, 3.05) is 11.4 Å². The number of hydrogen-bond acceptors (Lipinski definition) is 2. The smallest absolute Gasteiger partial charge is 0.0787 e. The van der Waals surface area contributed by atoms with Crippen LogP contribution in [0.25, 0.3) is 0 Å². The van der Waals surface area contributed by atoms with Crippen LogP contribution in [0.1, 0.15) is 64.0 Å². The Balaban J connectivity index is 2.09. The molecular weight excluding hydrogens is 234 g/mol. The van der Waals surface area contributed by atoms with E-state index in [9.17, 15) is 5.11 Å². The second-order valence-electron chi connectivity index (χ2n) is 5.59. The predicted molar refractivity (Wildman–Crippen MR) is 81.6 cm³/mol. The van der Waals surface area contributed by atoms with Crippen molar-refractivity contribution in [3.05, 3.63) is 29.8 Å². The van der Waals surface area contributed by atoms with Crippen LogP contribution in [0.3, 0.4) is 0 Å². The summed E-state index contributed by atoms with van der Waals surface area (Å²) in [5.41, 5.74) is 2.34. The van der Waals surface area contributed by atoms with E-state index >= 15 is 0 Å². The van der Waals surface area contributed by atoms with Crippen LogP contribution in [0.2, 0.25) is 0 Å². The van der Waals surface area contributed by atoms with Crippen LogP contribution in [0.4, 0.5) is 5.69 Å². The first-order valence-corrected chi connectivity index (χ1v) is 7.81. The molecule has 2 nitrogen and oxygen atoms in total. The van der Waals surface area contributed by atoms with Gasteiger partial charge < -0.3 is 10.0 Å². The number of aliphatic hydroxyl groups excluding tert-OH is 1. The lowest BCUT2D eigenvalue weighted by atomic mass is 9.93. The van der Waals surface area contributed by atoms with Crippen molar-refractivity contribution in [1.82, 2.24) is 0 Å². The van der Waals surface area contributed by atoms with Crippen molar-refractivity contribution in [2.45, 2.75) is 64.5 Å². The van der Waals surface area contributed by atoms with Crippen LogP contribution in [-0.4, -0.2) is 17.7 Å². The van der Waals surface area contributed by atoms with Crippen molar-refractivity contribution in [3.63, 3.8) is 0 Å². The van der Waals surface area contributed by atoms with Gasteiger partial charge in [0.2, 0.25) is 0 Å². The largest absolute Gasteiger partial charge is 0.388 e. The van der Waals surface area contributed by atoms with Crippen LogP contribution in [0.5, 0.6) is 0 Å². The van der Waals surface area contributed by atoms with E-state index in [1.54, 1.807) is 0 Å². The standard InChI is InChI=1S/C17H27NO/c1-3-17(19)14-10-12-16(13-11-14)18(4-2)15-8-6-5-7-9-15/h10-13,15,17,19H,3-9H2,1-2H3/t17-/m1/s1. The maximum absolute atomic E-state index is 9.85. The molecule has 1 N–H and O–H groups in total. The molecule has 1 aliphatic rings. The Labute approximate surface area is 117 Å². The molecule has 0 amide bonds. The number of anilines is 1. The molecule has 19 heavy (non-hydrogen) atoms. The molecule has 0 heterocycles. The van der Waals surface area contributed by atoms with Gasteiger partial charge >= 0.3 is 0 Å². The molecule has 1 saturated carbocycles. The predicted octanol–water partition coefficient (Wildman–Crippen LogP) is 4.29. The van der Waals surface area contributed by atoms with Gasteiger partial charge in [-0.1, -0.05) is 38.3 Å². The topological polar surface area (TPSA) is 23.5 Å². The summed E-state index contributed by atoms with van der Waals surface area (Å²) in [4.78, 5) is 2.53. The van der Waals surface area contributed by atoms with E-state index in [1.807, 2.05) is 6.92 Å². The van der Waals surface area contributed by atoms with E-state index < -0.39 is 0 Å². The van der Waals surface area contributed by atoms with Gasteiger partial charge in [-0.2, -0.15) is 0 Å². The van der Waals surface area contributed by atoms with Gasteiger partial charge in [0.1, 0.15) is 0 Å². The summed E-state index contributed by atoms with van der Waals surface area (Å²) in [7, 11) is 0. The average molecular weight is 261 g/mol. The molecule has 2 rings (SSSR count). The molecule has 0 radical (unpaired) electrons. The lowest BCUT2D eigenvalue weighted by Crippen LogP contribution is -2.36. The zero-order valence-corrected chi connectivity index (χ0v) is 12.3. The molecular formula is C17H27NO. The molecule has 1 aromatic rings. The summed E-state index contributed by atoms with van der Waals surface area (Å²) >= 11 is 0. The first-order valence-electron chi connectivity index (χ1n) is 7.81. The van der Waals surface area contributed by atoms with Crippen LogP contribution >= 0.6 is 0 Å². The third-order valence-corrected chi connectivity index (χ3v) is 4.35. The molecule has 0 bridgehead atoms. The van der Waals surface area contributed by atoms with Crippen LogP contribution in [-0.2, 0) is 0 Å². The Hall–Kier alpha value is -1.02. The van der Waals surface area contributed by atoms with Crippen molar-refractivity contribution in [3.8, 4) is 0 Å². The number of benzene rings is 1. The number of nitrogens with zero attached hydrogens (tertiary/aromatic N) is 1.